The number of carbonyl (C=O) groups is 1. The van der Waals surface area contributed by atoms with Crippen molar-refractivity contribution in [1.29, 1.82) is 0 Å². The molecule has 1 N–H and O–H groups in total. The van der Waals surface area contributed by atoms with Gasteiger partial charge in [0.25, 0.3) is 5.91 Å². The Bertz CT molecular complexity index is 1060. The van der Waals surface area contributed by atoms with Crippen molar-refractivity contribution in [3.63, 3.8) is 0 Å². The van der Waals surface area contributed by atoms with Crippen LogP contribution in [0.1, 0.15) is 21.7 Å². The van der Waals surface area contributed by atoms with Gasteiger partial charge in [-0.2, -0.15) is 0 Å². The summed E-state index contributed by atoms with van der Waals surface area (Å²) in [5.74, 6) is -0.728. The minimum Gasteiger partial charge on any atom is -0.459 e. The van der Waals surface area contributed by atoms with Gasteiger partial charge in [-0.25, -0.2) is 8.42 Å². The lowest BCUT2D eigenvalue weighted by Crippen LogP contribution is -2.24. The zero-order chi connectivity index (χ0) is 20.1. The van der Waals surface area contributed by atoms with E-state index in [9.17, 15) is 13.2 Å². The fourth-order valence-electron chi connectivity index (χ4n) is 2.77. The Hall–Kier alpha value is -3.06. The molecule has 1 amide bonds. The lowest BCUT2D eigenvalue weighted by Gasteiger charge is -2.13. The monoisotopic (exact) mass is 398 g/mol. The molecule has 3 rings (SSSR count). The fourth-order valence-corrected chi connectivity index (χ4v) is 4.15. The van der Waals surface area contributed by atoms with Crippen molar-refractivity contribution < 1.29 is 17.6 Å². The Morgan fingerprint density at radius 1 is 1.04 bits per heavy atom. The van der Waals surface area contributed by atoms with Gasteiger partial charge in [-0.15, -0.1) is 0 Å². The maximum Gasteiger partial charge on any atom is 0.287 e. The van der Waals surface area contributed by atoms with Crippen LogP contribution in [0.25, 0.3) is 0 Å². The van der Waals surface area contributed by atoms with Crippen LogP contribution < -0.4 is 10.2 Å². The lowest BCUT2D eigenvalue weighted by atomic mass is 10.2. The third-order valence-corrected chi connectivity index (χ3v) is 5.96. The maximum atomic E-state index is 12.6. The highest BCUT2D eigenvalue weighted by atomic mass is 32.2. The van der Waals surface area contributed by atoms with Crippen LogP contribution in [-0.4, -0.2) is 28.4 Å². The molecule has 0 aliphatic rings. The first-order chi connectivity index (χ1) is 13.4. The maximum absolute atomic E-state index is 12.6. The highest BCUT2D eigenvalue weighted by Gasteiger charge is 2.22. The summed E-state index contributed by atoms with van der Waals surface area (Å²) in [6.07, 6.45) is 1.33. The van der Waals surface area contributed by atoms with Gasteiger partial charge in [0.15, 0.2) is 15.6 Å². The molecule has 3 aromatic rings. The van der Waals surface area contributed by atoms with Crippen LogP contribution in [0, 0.1) is 0 Å². The molecule has 0 aliphatic carbocycles. The van der Waals surface area contributed by atoms with E-state index < -0.39 is 15.7 Å². The number of amides is 1. The largest absolute Gasteiger partial charge is 0.459 e. The molecule has 6 nitrogen and oxygen atoms in total. The quantitative estimate of drug-likeness (QED) is 0.661. The average Bonchev–Trinajstić information content (AvgIpc) is 3.14. The van der Waals surface area contributed by atoms with Crippen LogP contribution in [0.5, 0.6) is 0 Å². The Kier molecular flexibility index (Phi) is 5.84. The first-order valence-corrected chi connectivity index (χ1v) is 10.4. The van der Waals surface area contributed by atoms with Crippen molar-refractivity contribution in [2.75, 3.05) is 19.0 Å². The number of nitrogens with one attached hydrogen (secondary N) is 1. The number of anilines is 1. The Balaban J connectivity index is 1.71. The van der Waals surface area contributed by atoms with E-state index in [1.807, 2.05) is 43.3 Å². The van der Waals surface area contributed by atoms with Crippen LogP contribution in [0.2, 0.25) is 0 Å². The Morgan fingerprint density at radius 2 is 1.79 bits per heavy atom. The minimum atomic E-state index is -3.57. The van der Waals surface area contributed by atoms with Gasteiger partial charge in [0.2, 0.25) is 0 Å². The van der Waals surface area contributed by atoms with E-state index in [0.29, 0.717) is 12.1 Å². The van der Waals surface area contributed by atoms with E-state index in [2.05, 4.69) is 5.32 Å². The molecular formula is C21H22N2O4S. The van der Waals surface area contributed by atoms with E-state index in [0.717, 1.165) is 11.3 Å². The molecule has 0 spiro atoms. The SMILES string of the molecule is CN(C)c1cccc(CNC(=O)c2occc2CS(=O)(=O)c2ccccc2)c1. The van der Waals surface area contributed by atoms with Crippen LogP contribution in [0.15, 0.2) is 76.2 Å². The van der Waals surface area contributed by atoms with Crippen LogP contribution >= 0.6 is 0 Å². The molecule has 7 heteroatoms. The second kappa shape index (κ2) is 8.31. The summed E-state index contributed by atoms with van der Waals surface area (Å²) in [6.45, 7) is 0.312. The second-order valence-corrected chi connectivity index (χ2v) is 8.58. The van der Waals surface area contributed by atoms with Crippen molar-refractivity contribution in [3.8, 4) is 0 Å². The predicted molar refractivity (Wildman–Crippen MR) is 108 cm³/mol. The van der Waals surface area contributed by atoms with Gasteiger partial charge >= 0.3 is 0 Å². The summed E-state index contributed by atoms with van der Waals surface area (Å²) in [6, 6.07) is 17.4. The Morgan fingerprint density at radius 3 is 2.50 bits per heavy atom. The van der Waals surface area contributed by atoms with Crippen molar-refractivity contribution in [1.82, 2.24) is 5.32 Å². The molecule has 1 heterocycles. The van der Waals surface area contributed by atoms with Crippen LogP contribution in [0.4, 0.5) is 5.69 Å². The molecule has 0 aliphatic heterocycles. The number of furan rings is 1. The molecule has 0 radical (unpaired) electrons. The molecule has 0 saturated carbocycles. The normalized spacial score (nSPS) is 11.2. The summed E-state index contributed by atoms with van der Waals surface area (Å²) >= 11 is 0. The molecule has 0 fully saturated rings. The van der Waals surface area contributed by atoms with E-state index in [1.54, 1.807) is 18.2 Å². The van der Waals surface area contributed by atoms with Gasteiger partial charge in [0.05, 0.1) is 16.9 Å². The zero-order valence-corrected chi connectivity index (χ0v) is 16.6. The van der Waals surface area contributed by atoms with Crippen molar-refractivity contribution >= 4 is 21.4 Å². The van der Waals surface area contributed by atoms with Crippen molar-refractivity contribution in [2.45, 2.75) is 17.2 Å². The summed E-state index contributed by atoms with van der Waals surface area (Å²) in [5.41, 5.74) is 2.30. The first-order valence-electron chi connectivity index (χ1n) is 8.75. The van der Waals surface area contributed by atoms with Crippen molar-refractivity contribution in [3.05, 3.63) is 83.8 Å². The van der Waals surface area contributed by atoms with Crippen LogP contribution in [-0.2, 0) is 22.1 Å². The van der Waals surface area contributed by atoms with Crippen molar-refractivity contribution in [2.24, 2.45) is 0 Å². The first kappa shape index (κ1) is 19.7. The minimum absolute atomic E-state index is 0.0169. The zero-order valence-electron chi connectivity index (χ0n) is 15.8. The van der Waals surface area contributed by atoms with E-state index in [-0.39, 0.29) is 16.4 Å². The molecule has 0 unspecified atom stereocenters. The third-order valence-electron chi connectivity index (χ3n) is 4.28. The van der Waals surface area contributed by atoms with Gasteiger partial charge in [-0.05, 0) is 35.9 Å². The van der Waals surface area contributed by atoms with Gasteiger partial charge in [-0.3, -0.25) is 4.79 Å². The van der Waals surface area contributed by atoms with E-state index in [4.69, 9.17) is 4.42 Å². The lowest BCUT2D eigenvalue weighted by molar-refractivity contribution is 0.0922. The second-order valence-electron chi connectivity index (χ2n) is 6.59. The third kappa shape index (κ3) is 4.61. The molecule has 1 aromatic heterocycles. The number of hydrogen-bond acceptors (Lipinski definition) is 5. The van der Waals surface area contributed by atoms with Gasteiger partial charge < -0.3 is 14.6 Å². The summed E-state index contributed by atoms with van der Waals surface area (Å²) in [4.78, 5) is 14.7. The molecule has 2 aromatic carbocycles. The molecule has 0 bridgehead atoms. The smallest absolute Gasteiger partial charge is 0.287 e. The molecule has 0 saturated heterocycles. The molecule has 28 heavy (non-hydrogen) atoms. The summed E-state index contributed by atoms with van der Waals surface area (Å²) in [7, 11) is 0.322. The van der Waals surface area contributed by atoms with Gasteiger partial charge in [0.1, 0.15) is 0 Å². The average molecular weight is 398 g/mol. The highest BCUT2D eigenvalue weighted by Crippen LogP contribution is 2.20. The number of rotatable bonds is 7. The number of benzene rings is 2. The summed E-state index contributed by atoms with van der Waals surface area (Å²) < 4.78 is 30.4. The standard InChI is InChI=1S/C21H22N2O4S/c1-23(2)18-8-6-7-16(13-18)14-22-21(24)20-17(11-12-27-20)15-28(25,26)19-9-4-3-5-10-19/h3-13H,14-15H2,1-2H3,(H,22,24). The van der Waals surface area contributed by atoms with E-state index >= 15 is 0 Å². The number of hydrogen-bond donors (Lipinski definition) is 1. The highest BCUT2D eigenvalue weighted by molar-refractivity contribution is 7.90. The molecular weight excluding hydrogens is 376 g/mol. The topological polar surface area (TPSA) is 79.6 Å². The Labute approximate surface area is 164 Å². The number of nitrogens with zero attached hydrogens (tertiary/aromatic N) is 1. The van der Waals surface area contributed by atoms with E-state index in [1.165, 1.54) is 24.5 Å². The van der Waals surface area contributed by atoms with Crippen LogP contribution in [0.3, 0.4) is 0 Å². The van der Waals surface area contributed by atoms with Gasteiger partial charge in [-0.1, -0.05) is 30.3 Å². The summed E-state index contributed by atoms with van der Waals surface area (Å²) in [5, 5.41) is 2.79. The van der Waals surface area contributed by atoms with Gasteiger partial charge in [0, 0.05) is 31.9 Å². The predicted octanol–water partition coefficient (Wildman–Crippen LogP) is 3.25. The fraction of sp³-hybridized carbons (Fsp3) is 0.190. The number of sulfone groups is 1. The molecule has 0 atom stereocenters. The number of carbonyl (C=O) groups excluding carboxylic acids is 1. The molecule has 146 valence electrons.